The van der Waals surface area contributed by atoms with Gasteiger partial charge in [-0.3, -0.25) is 4.79 Å². The molecule has 3 aromatic heterocycles. The summed E-state index contributed by atoms with van der Waals surface area (Å²) in [5.41, 5.74) is 1.87. The lowest BCUT2D eigenvalue weighted by molar-refractivity contribution is -0.121. The molecule has 1 aromatic carbocycles. The van der Waals surface area contributed by atoms with Gasteiger partial charge in [-0.25, -0.2) is 4.98 Å². The van der Waals surface area contributed by atoms with Crippen LogP contribution in [0.4, 0.5) is 0 Å². The molecule has 0 unspecified atom stereocenters. The van der Waals surface area contributed by atoms with Gasteiger partial charge in [-0.2, -0.15) is 11.3 Å². The van der Waals surface area contributed by atoms with Gasteiger partial charge in [-0.15, -0.1) is 21.5 Å². The van der Waals surface area contributed by atoms with Gasteiger partial charge in [0, 0.05) is 23.8 Å². The molecule has 0 spiro atoms. The van der Waals surface area contributed by atoms with Crippen LogP contribution in [0.5, 0.6) is 0 Å². The molecular formula is C17H14N4O2S2. The van der Waals surface area contributed by atoms with Crippen molar-refractivity contribution in [3.63, 3.8) is 0 Å². The number of nitrogens with one attached hydrogen (secondary N) is 1. The molecular weight excluding hydrogens is 356 g/mol. The van der Waals surface area contributed by atoms with Crippen LogP contribution in [0.2, 0.25) is 0 Å². The molecule has 0 fully saturated rings. The summed E-state index contributed by atoms with van der Waals surface area (Å²) < 4.78 is 6.70. The van der Waals surface area contributed by atoms with Gasteiger partial charge in [0.15, 0.2) is 0 Å². The highest BCUT2D eigenvalue weighted by Crippen LogP contribution is 2.22. The first-order valence-electron chi connectivity index (χ1n) is 7.74. The highest BCUT2D eigenvalue weighted by atomic mass is 32.1. The fraction of sp³-hybridized carbons (Fsp3) is 0.176. The second kappa shape index (κ2) is 7.12. The van der Waals surface area contributed by atoms with E-state index in [1.165, 1.54) is 0 Å². The Morgan fingerprint density at radius 3 is 2.96 bits per heavy atom. The molecule has 1 amide bonds. The first-order valence-corrected chi connectivity index (χ1v) is 9.50. The molecule has 6 nitrogen and oxygen atoms in total. The SMILES string of the molecule is O=C(CCc1nnc(-c2ccsc2)o1)NCc1nc2ccccc2s1. The molecule has 25 heavy (non-hydrogen) atoms. The van der Waals surface area contributed by atoms with Gasteiger partial charge in [0.1, 0.15) is 5.01 Å². The zero-order chi connectivity index (χ0) is 17.1. The van der Waals surface area contributed by atoms with Crippen molar-refractivity contribution in [1.82, 2.24) is 20.5 Å². The average molecular weight is 370 g/mol. The van der Waals surface area contributed by atoms with Crippen LogP contribution in [0.15, 0.2) is 45.5 Å². The first-order chi connectivity index (χ1) is 12.3. The molecule has 0 saturated heterocycles. The van der Waals surface area contributed by atoms with E-state index in [9.17, 15) is 4.79 Å². The summed E-state index contributed by atoms with van der Waals surface area (Å²) in [6.45, 7) is 0.433. The summed E-state index contributed by atoms with van der Waals surface area (Å²) in [7, 11) is 0. The molecule has 0 aliphatic heterocycles. The molecule has 4 rings (SSSR count). The van der Waals surface area contributed by atoms with E-state index in [2.05, 4.69) is 20.5 Å². The van der Waals surface area contributed by atoms with E-state index in [1.807, 2.05) is 41.1 Å². The van der Waals surface area contributed by atoms with Gasteiger partial charge >= 0.3 is 0 Å². The zero-order valence-corrected chi connectivity index (χ0v) is 14.8. The number of thiophene rings is 1. The second-order valence-corrected chi connectivity index (χ2v) is 7.26. The number of hydrogen-bond acceptors (Lipinski definition) is 7. The maximum Gasteiger partial charge on any atom is 0.248 e. The topological polar surface area (TPSA) is 80.9 Å². The van der Waals surface area contributed by atoms with E-state index in [0.29, 0.717) is 31.2 Å². The van der Waals surface area contributed by atoms with E-state index in [4.69, 9.17) is 4.42 Å². The fourth-order valence-corrected chi connectivity index (χ4v) is 3.87. The highest BCUT2D eigenvalue weighted by molar-refractivity contribution is 7.18. The van der Waals surface area contributed by atoms with Crippen molar-refractivity contribution in [3.05, 3.63) is 52.0 Å². The van der Waals surface area contributed by atoms with Crippen molar-refractivity contribution in [3.8, 4) is 11.5 Å². The third-order valence-corrected chi connectivity index (χ3v) is 5.30. The zero-order valence-electron chi connectivity index (χ0n) is 13.1. The lowest BCUT2D eigenvalue weighted by Gasteiger charge is -2.01. The normalized spacial score (nSPS) is 11.0. The largest absolute Gasteiger partial charge is 0.421 e. The maximum absolute atomic E-state index is 12.0. The maximum atomic E-state index is 12.0. The molecule has 0 radical (unpaired) electrons. The number of carbonyl (C=O) groups is 1. The Morgan fingerprint density at radius 2 is 2.12 bits per heavy atom. The number of aromatic nitrogens is 3. The quantitative estimate of drug-likeness (QED) is 0.560. The second-order valence-electron chi connectivity index (χ2n) is 5.37. The first kappa shape index (κ1) is 15.9. The molecule has 1 N–H and O–H groups in total. The number of benzene rings is 1. The lowest BCUT2D eigenvalue weighted by atomic mass is 10.3. The summed E-state index contributed by atoms with van der Waals surface area (Å²) in [6.07, 6.45) is 0.721. The number of nitrogens with zero attached hydrogens (tertiary/aromatic N) is 3. The monoisotopic (exact) mass is 370 g/mol. The third kappa shape index (κ3) is 3.75. The molecule has 0 atom stereocenters. The van der Waals surface area contributed by atoms with Crippen molar-refractivity contribution < 1.29 is 9.21 Å². The number of para-hydroxylation sites is 1. The van der Waals surface area contributed by atoms with Crippen molar-refractivity contribution in [2.75, 3.05) is 0 Å². The van der Waals surface area contributed by atoms with E-state index in [-0.39, 0.29) is 5.91 Å². The number of fused-ring (bicyclic) bond motifs is 1. The molecule has 0 bridgehead atoms. The summed E-state index contributed by atoms with van der Waals surface area (Å²) in [5, 5.41) is 15.7. The van der Waals surface area contributed by atoms with E-state index >= 15 is 0 Å². The van der Waals surface area contributed by atoms with Gasteiger partial charge in [-0.05, 0) is 23.6 Å². The number of rotatable bonds is 6. The van der Waals surface area contributed by atoms with Crippen LogP contribution in [0, 0.1) is 0 Å². The minimum atomic E-state index is -0.0606. The van der Waals surface area contributed by atoms with Crippen LogP contribution < -0.4 is 5.32 Å². The Hall–Kier alpha value is -2.58. The van der Waals surface area contributed by atoms with E-state index in [0.717, 1.165) is 20.8 Å². The van der Waals surface area contributed by atoms with Crippen LogP contribution >= 0.6 is 22.7 Å². The van der Waals surface area contributed by atoms with Crippen molar-refractivity contribution in [2.24, 2.45) is 0 Å². The summed E-state index contributed by atoms with van der Waals surface area (Å²) in [6, 6.07) is 9.86. The third-order valence-electron chi connectivity index (χ3n) is 3.58. The number of amides is 1. The van der Waals surface area contributed by atoms with E-state index < -0.39 is 0 Å². The van der Waals surface area contributed by atoms with E-state index in [1.54, 1.807) is 22.7 Å². The molecule has 0 saturated carbocycles. The summed E-state index contributed by atoms with van der Waals surface area (Å²) in [5.74, 6) is 0.900. The summed E-state index contributed by atoms with van der Waals surface area (Å²) >= 11 is 3.16. The number of aryl methyl sites for hydroxylation is 1. The molecule has 126 valence electrons. The molecule has 4 aromatic rings. The predicted molar refractivity (Wildman–Crippen MR) is 97.4 cm³/mol. The lowest BCUT2D eigenvalue weighted by Crippen LogP contribution is -2.22. The Morgan fingerprint density at radius 1 is 1.20 bits per heavy atom. The number of thiazole rings is 1. The van der Waals surface area contributed by atoms with Gasteiger partial charge in [0.05, 0.1) is 16.8 Å². The van der Waals surface area contributed by atoms with Crippen LogP contribution in [0.1, 0.15) is 17.3 Å². The summed E-state index contributed by atoms with van der Waals surface area (Å²) in [4.78, 5) is 16.5. The highest BCUT2D eigenvalue weighted by Gasteiger charge is 2.11. The van der Waals surface area contributed by atoms with Gasteiger partial charge in [0.2, 0.25) is 17.7 Å². The van der Waals surface area contributed by atoms with Crippen molar-refractivity contribution in [2.45, 2.75) is 19.4 Å². The van der Waals surface area contributed by atoms with Crippen LogP contribution in [-0.4, -0.2) is 21.1 Å². The Bertz CT molecular complexity index is 958. The van der Waals surface area contributed by atoms with Gasteiger partial charge in [-0.1, -0.05) is 12.1 Å². The molecule has 0 aliphatic rings. The minimum absolute atomic E-state index is 0.0606. The average Bonchev–Trinajstić information content (AvgIpc) is 3.37. The molecule has 3 heterocycles. The Kier molecular flexibility index (Phi) is 4.53. The predicted octanol–water partition coefficient (Wildman–Crippen LogP) is 3.66. The van der Waals surface area contributed by atoms with Crippen molar-refractivity contribution in [1.29, 1.82) is 0 Å². The number of hydrogen-bond donors (Lipinski definition) is 1. The van der Waals surface area contributed by atoms with Crippen LogP contribution in [0.3, 0.4) is 0 Å². The smallest absolute Gasteiger partial charge is 0.248 e. The molecule has 0 aliphatic carbocycles. The van der Waals surface area contributed by atoms with Crippen LogP contribution in [-0.2, 0) is 17.8 Å². The standard InChI is InChI=1S/C17H14N4O2S2/c22-14(18-9-16-19-12-3-1-2-4-13(12)25-16)5-6-15-20-21-17(23-15)11-7-8-24-10-11/h1-4,7-8,10H,5-6,9H2,(H,18,22). The molecule has 8 heteroatoms. The Balaban J connectivity index is 1.29. The van der Waals surface area contributed by atoms with Gasteiger partial charge in [0.25, 0.3) is 0 Å². The van der Waals surface area contributed by atoms with Gasteiger partial charge < -0.3 is 9.73 Å². The van der Waals surface area contributed by atoms with Crippen molar-refractivity contribution >= 4 is 38.8 Å². The Labute approximate surface area is 151 Å². The van der Waals surface area contributed by atoms with Crippen LogP contribution in [0.25, 0.3) is 21.7 Å². The fourth-order valence-electron chi connectivity index (χ4n) is 2.34. The minimum Gasteiger partial charge on any atom is -0.421 e. The number of carbonyl (C=O) groups excluding carboxylic acids is 1.